The third-order valence-electron chi connectivity index (χ3n) is 1.93. The lowest BCUT2D eigenvalue weighted by Gasteiger charge is -2.03. The summed E-state index contributed by atoms with van der Waals surface area (Å²) in [6.45, 7) is 0.0388. The minimum Gasteiger partial charge on any atom is -0.349 e. The number of rotatable bonds is 5. The van der Waals surface area contributed by atoms with Gasteiger partial charge in [-0.15, -0.1) is 0 Å². The molecule has 86 valence electrons. The van der Waals surface area contributed by atoms with Crippen LogP contribution in [0.1, 0.15) is 16.8 Å². The van der Waals surface area contributed by atoms with Crippen molar-refractivity contribution in [3.05, 3.63) is 34.9 Å². The third-order valence-corrected chi connectivity index (χ3v) is 2.73. The van der Waals surface area contributed by atoms with E-state index in [1.165, 1.54) is 0 Å². The molecule has 1 aromatic rings. The molecule has 1 aromatic carbocycles. The lowest BCUT2D eigenvalue weighted by molar-refractivity contribution is -0.120. The van der Waals surface area contributed by atoms with Crippen LogP contribution in [0.4, 0.5) is 0 Å². The number of halogens is 2. The van der Waals surface area contributed by atoms with E-state index in [-0.39, 0.29) is 18.2 Å². The fourth-order valence-corrected chi connectivity index (χ4v) is 1.71. The summed E-state index contributed by atoms with van der Waals surface area (Å²) in [6, 6.07) is 6.60. The molecule has 16 heavy (non-hydrogen) atoms. The summed E-state index contributed by atoms with van der Waals surface area (Å²) in [5.41, 5.74) is 0.555. The zero-order valence-electron chi connectivity index (χ0n) is 8.50. The molecule has 0 bridgehead atoms. The first-order valence-electron chi connectivity index (χ1n) is 4.75. The minimum atomic E-state index is -0.113. The SMILES string of the molecule is O=C(CCI)NCC(=O)c1ccc(Cl)cc1. The molecule has 0 radical (unpaired) electrons. The summed E-state index contributed by atoms with van der Waals surface area (Å²) in [5.74, 6) is -0.213. The van der Waals surface area contributed by atoms with Gasteiger partial charge >= 0.3 is 0 Å². The van der Waals surface area contributed by atoms with E-state index in [2.05, 4.69) is 27.9 Å². The molecule has 0 unspecified atom stereocenters. The maximum Gasteiger partial charge on any atom is 0.221 e. The van der Waals surface area contributed by atoms with Gasteiger partial charge in [0.1, 0.15) is 0 Å². The molecule has 0 fully saturated rings. The quantitative estimate of drug-likeness (QED) is 0.503. The van der Waals surface area contributed by atoms with Gasteiger partial charge in [-0.1, -0.05) is 34.2 Å². The van der Waals surface area contributed by atoms with Crippen molar-refractivity contribution in [2.45, 2.75) is 6.42 Å². The van der Waals surface area contributed by atoms with Gasteiger partial charge in [0.2, 0.25) is 5.91 Å². The van der Waals surface area contributed by atoms with Gasteiger partial charge in [0.15, 0.2) is 5.78 Å². The second kappa shape index (κ2) is 6.85. The highest BCUT2D eigenvalue weighted by molar-refractivity contribution is 14.1. The maximum absolute atomic E-state index is 11.6. The molecule has 1 N–H and O–H groups in total. The molecule has 0 aliphatic rings. The van der Waals surface area contributed by atoms with Gasteiger partial charge in [0, 0.05) is 21.4 Å². The van der Waals surface area contributed by atoms with Crippen LogP contribution in [0, 0.1) is 0 Å². The lowest BCUT2D eigenvalue weighted by Crippen LogP contribution is -2.29. The molecule has 0 aromatic heterocycles. The topological polar surface area (TPSA) is 46.2 Å². The van der Waals surface area contributed by atoms with Crippen LogP contribution >= 0.6 is 34.2 Å². The average molecular weight is 352 g/mol. The highest BCUT2D eigenvalue weighted by atomic mass is 127. The monoisotopic (exact) mass is 351 g/mol. The second-order valence-electron chi connectivity index (χ2n) is 3.15. The number of ketones is 1. The number of carbonyl (C=O) groups is 2. The van der Waals surface area contributed by atoms with Crippen molar-refractivity contribution in [2.75, 3.05) is 11.0 Å². The molecular weight excluding hydrogens is 340 g/mol. The first kappa shape index (κ1) is 13.4. The van der Waals surface area contributed by atoms with Crippen LogP contribution in [-0.4, -0.2) is 22.7 Å². The Morgan fingerprint density at radius 3 is 2.44 bits per heavy atom. The number of nitrogens with one attached hydrogen (secondary N) is 1. The molecule has 0 atom stereocenters. The summed E-state index contributed by atoms with van der Waals surface area (Å²) in [5, 5.41) is 3.16. The Balaban J connectivity index is 2.47. The minimum absolute atomic E-state index is 0.0388. The van der Waals surface area contributed by atoms with E-state index in [1.807, 2.05) is 0 Å². The molecule has 1 amide bonds. The van der Waals surface area contributed by atoms with Crippen molar-refractivity contribution in [1.29, 1.82) is 0 Å². The van der Waals surface area contributed by atoms with Crippen molar-refractivity contribution < 1.29 is 9.59 Å². The molecule has 0 saturated heterocycles. The van der Waals surface area contributed by atoms with Crippen LogP contribution < -0.4 is 5.32 Å². The number of hydrogen-bond donors (Lipinski definition) is 1. The fourth-order valence-electron chi connectivity index (χ4n) is 1.09. The largest absolute Gasteiger partial charge is 0.349 e. The summed E-state index contributed by atoms with van der Waals surface area (Å²) < 4.78 is 0.749. The van der Waals surface area contributed by atoms with E-state index in [0.717, 1.165) is 4.43 Å². The number of amides is 1. The van der Waals surface area contributed by atoms with Crippen molar-refractivity contribution in [3.63, 3.8) is 0 Å². The van der Waals surface area contributed by atoms with Crippen LogP contribution in [0.5, 0.6) is 0 Å². The van der Waals surface area contributed by atoms with Crippen LogP contribution in [0.15, 0.2) is 24.3 Å². The molecule has 0 saturated carbocycles. The number of benzene rings is 1. The molecule has 0 aliphatic carbocycles. The second-order valence-corrected chi connectivity index (χ2v) is 4.66. The molecule has 0 heterocycles. The fraction of sp³-hybridized carbons (Fsp3) is 0.273. The van der Waals surface area contributed by atoms with Crippen molar-refractivity contribution in [2.24, 2.45) is 0 Å². The Hall–Kier alpha value is -0.620. The number of Topliss-reactive ketones (excluding diaryl/α,β-unsaturated/α-hetero) is 1. The Bertz CT molecular complexity index is 378. The zero-order valence-corrected chi connectivity index (χ0v) is 11.4. The molecular formula is C11H11ClINO2. The van der Waals surface area contributed by atoms with E-state index < -0.39 is 0 Å². The molecule has 0 aliphatic heterocycles. The molecule has 5 heteroatoms. The van der Waals surface area contributed by atoms with Crippen LogP contribution in [0.2, 0.25) is 5.02 Å². The zero-order chi connectivity index (χ0) is 12.0. The van der Waals surface area contributed by atoms with Gasteiger partial charge in [-0.05, 0) is 24.3 Å². The third kappa shape index (κ3) is 4.49. The van der Waals surface area contributed by atoms with E-state index >= 15 is 0 Å². The van der Waals surface area contributed by atoms with Gasteiger partial charge < -0.3 is 5.32 Å². The Morgan fingerprint density at radius 2 is 1.88 bits per heavy atom. The maximum atomic E-state index is 11.6. The van der Waals surface area contributed by atoms with Gasteiger partial charge in [-0.25, -0.2) is 0 Å². The van der Waals surface area contributed by atoms with Crippen molar-refractivity contribution in [1.82, 2.24) is 5.32 Å². The van der Waals surface area contributed by atoms with Crippen LogP contribution in [-0.2, 0) is 4.79 Å². The van der Waals surface area contributed by atoms with E-state index in [1.54, 1.807) is 24.3 Å². The predicted octanol–water partition coefficient (Wildman–Crippen LogP) is 2.46. The number of hydrogen-bond acceptors (Lipinski definition) is 2. The summed E-state index contributed by atoms with van der Waals surface area (Å²) >= 11 is 7.82. The summed E-state index contributed by atoms with van der Waals surface area (Å²) in [7, 11) is 0. The highest BCUT2D eigenvalue weighted by Crippen LogP contribution is 2.09. The summed E-state index contributed by atoms with van der Waals surface area (Å²) in [6.07, 6.45) is 0.439. The highest BCUT2D eigenvalue weighted by Gasteiger charge is 2.07. The standard InChI is InChI=1S/C11H11ClINO2/c12-9-3-1-8(2-4-9)10(15)7-14-11(16)5-6-13/h1-4H,5-7H2,(H,14,16). The van der Waals surface area contributed by atoms with Gasteiger partial charge in [0.25, 0.3) is 0 Å². The van der Waals surface area contributed by atoms with Crippen molar-refractivity contribution >= 4 is 45.9 Å². The molecule has 3 nitrogen and oxygen atoms in total. The van der Waals surface area contributed by atoms with Gasteiger partial charge in [-0.3, -0.25) is 9.59 Å². The number of carbonyl (C=O) groups excluding carboxylic acids is 2. The normalized spacial score (nSPS) is 9.88. The first-order valence-corrected chi connectivity index (χ1v) is 6.65. The van der Waals surface area contributed by atoms with Crippen molar-refractivity contribution in [3.8, 4) is 0 Å². The Kier molecular flexibility index (Phi) is 5.76. The van der Waals surface area contributed by atoms with Crippen LogP contribution in [0.25, 0.3) is 0 Å². The predicted molar refractivity (Wildman–Crippen MR) is 72.3 cm³/mol. The van der Waals surface area contributed by atoms with E-state index in [9.17, 15) is 9.59 Å². The average Bonchev–Trinajstić information content (AvgIpc) is 2.27. The number of alkyl halides is 1. The molecule has 0 spiro atoms. The molecule has 1 rings (SSSR count). The summed E-state index contributed by atoms with van der Waals surface area (Å²) in [4.78, 5) is 22.7. The van der Waals surface area contributed by atoms with Gasteiger partial charge in [-0.2, -0.15) is 0 Å². The lowest BCUT2D eigenvalue weighted by atomic mass is 10.1. The van der Waals surface area contributed by atoms with E-state index in [0.29, 0.717) is 17.0 Å². The smallest absolute Gasteiger partial charge is 0.221 e. The first-order chi connectivity index (χ1) is 7.63. The Labute approximate surface area is 113 Å². The van der Waals surface area contributed by atoms with Gasteiger partial charge in [0.05, 0.1) is 6.54 Å². The van der Waals surface area contributed by atoms with Crippen LogP contribution in [0.3, 0.4) is 0 Å². The Morgan fingerprint density at radius 1 is 1.25 bits per heavy atom. The van der Waals surface area contributed by atoms with E-state index in [4.69, 9.17) is 11.6 Å².